The van der Waals surface area contributed by atoms with Crippen LogP contribution in [0, 0.1) is 5.92 Å². The average molecular weight is 258 g/mol. The van der Waals surface area contributed by atoms with Crippen LogP contribution in [-0.2, 0) is 0 Å². The lowest BCUT2D eigenvalue weighted by molar-refractivity contribution is 0.242. The van der Waals surface area contributed by atoms with Crippen LogP contribution in [0.3, 0.4) is 0 Å². The van der Waals surface area contributed by atoms with Crippen molar-refractivity contribution in [2.24, 2.45) is 10.9 Å². The van der Waals surface area contributed by atoms with Gasteiger partial charge in [0.15, 0.2) is 5.17 Å². The van der Waals surface area contributed by atoms with Gasteiger partial charge in [-0.15, -0.1) is 0 Å². The highest BCUT2D eigenvalue weighted by Gasteiger charge is 2.40. The number of nitrogens with zero attached hydrogens (tertiary/aromatic N) is 1. The van der Waals surface area contributed by atoms with Crippen molar-refractivity contribution in [3.05, 3.63) is 0 Å². The predicted molar refractivity (Wildman–Crippen MR) is 76.6 cm³/mol. The summed E-state index contributed by atoms with van der Waals surface area (Å²) >= 11 is 3.80. The Bertz CT molecular complexity index is 268. The van der Waals surface area contributed by atoms with Crippen LogP contribution in [0.4, 0.5) is 0 Å². The Labute approximate surface area is 107 Å². The number of nitrogens with one attached hydrogen (secondary N) is 1. The molecule has 0 amide bonds. The first-order chi connectivity index (χ1) is 7.74. The van der Waals surface area contributed by atoms with Crippen LogP contribution < -0.4 is 5.32 Å². The fourth-order valence-electron chi connectivity index (χ4n) is 2.73. The van der Waals surface area contributed by atoms with E-state index in [2.05, 4.69) is 23.5 Å². The first kappa shape index (κ1) is 12.6. The van der Waals surface area contributed by atoms with Gasteiger partial charge in [-0.2, -0.15) is 11.8 Å². The second-order valence-electron chi connectivity index (χ2n) is 5.08. The summed E-state index contributed by atoms with van der Waals surface area (Å²) in [7, 11) is 0. The van der Waals surface area contributed by atoms with Gasteiger partial charge in [-0.25, -0.2) is 0 Å². The Kier molecular flexibility index (Phi) is 4.48. The molecule has 0 aromatic rings. The highest BCUT2D eigenvalue weighted by molar-refractivity contribution is 8.14. The Balaban J connectivity index is 1.88. The minimum Gasteiger partial charge on any atom is -0.359 e. The maximum atomic E-state index is 4.64. The maximum Gasteiger partial charge on any atom is 0.157 e. The monoisotopic (exact) mass is 258 g/mol. The first-order valence-corrected chi connectivity index (χ1v) is 8.56. The number of rotatable bonds is 3. The van der Waals surface area contributed by atoms with Crippen LogP contribution in [0.1, 0.15) is 32.6 Å². The van der Waals surface area contributed by atoms with Gasteiger partial charge in [0.05, 0.1) is 6.54 Å². The molecule has 2 fully saturated rings. The van der Waals surface area contributed by atoms with Gasteiger partial charge in [0.25, 0.3) is 0 Å². The van der Waals surface area contributed by atoms with Crippen molar-refractivity contribution in [3.63, 3.8) is 0 Å². The van der Waals surface area contributed by atoms with Crippen molar-refractivity contribution >= 4 is 28.7 Å². The minimum absolute atomic E-state index is 0.389. The van der Waals surface area contributed by atoms with E-state index in [-0.39, 0.29) is 0 Å². The summed E-state index contributed by atoms with van der Waals surface area (Å²) in [5, 5.41) is 4.90. The van der Waals surface area contributed by atoms with E-state index >= 15 is 0 Å². The molecule has 1 N–H and O–H groups in total. The van der Waals surface area contributed by atoms with Gasteiger partial charge < -0.3 is 5.32 Å². The zero-order valence-electron chi connectivity index (χ0n) is 10.3. The Hall–Kier alpha value is 0.170. The van der Waals surface area contributed by atoms with Gasteiger partial charge >= 0.3 is 0 Å². The summed E-state index contributed by atoms with van der Waals surface area (Å²) in [5.74, 6) is 3.25. The van der Waals surface area contributed by atoms with Crippen LogP contribution in [0.2, 0.25) is 0 Å². The maximum absolute atomic E-state index is 4.64. The molecule has 1 spiro atoms. The van der Waals surface area contributed by atoms with Crippen molar-refractivity contribution in [1.29, 1.82) is 0 Å². The SMILES string of the molecule is CSCCN=C1NC2(CCCC(C)C2)CS1. The van der Waals surface area contributed by atoms with Crippen LogP contribution >= 0.6 is 23.5 Å². The largest absolute Gasteiger partial charge is 0.359 e. The summed E-state index contributed by atoms with van der Waals surface area (Å²) in [5.41, 5.74) is 0.389. The highest BCUT2D eigenvalue weighted by atomic mass is 32.2. The number of hydrogen-bond donors (Lipinski definition) is 1. The number of amidine groups is 1. The van der Waals surface area contributed by atoms with E-state index < -0.39 is 0 Å². The molecule has 0 bridgehead atoms. The fraction of sp³-hybridized carbons (Fsp3) is 0.917. The summed E-state index contributed by atoms with van der Waals surface area (Å²) in [6.07, 6.45) is 7.60. The molecule has 4 heteroatoms. The fourth-order valence-corrected chi connectivity index (χ4v) is 4.23. The lowest BCUT2D eigenvalue weighted by Gasteiger charge is -2.36. The second kappa shape index (κ2) is 5.67. The zero-order valence-corrected chi connectivity index (χ0v) is 11.9. The van der Waals surface area contributed by atoms with E-state index in [1.165, 1.54) is 36.6 Å². The number of thioether (sulfide) groups is 2. The molecule has 92 valence electrons. The molecule has 1 saturated carbocycles. The van der Waals surface area contributed by atoms with Crippen molar-refractivity contribution < 1.29 is 0 Å². The highest BCUT2D eigenvalue weighted by Crippen LogP contribution is 2.38. The molecule has 2 rings (SSSR count). The van der Waals surface area contributed by atoms with Gasteiger partial charge in [-0.3, -0.25) is 4.99 Å². The molecule has 2 aliphatic rings. The first-order valence-electron chi connectivity index (χ1n) is 6.18. The number of aliphatic imine (C=N–C) groups is 1. The molecule has 2 unspecified atom stereocenters. The van der Waals surface area contributed by atoms with E-state index in [0.29, 0.717) is 5.54 Å². The topological polar surface area (TPSA) is 24.4 Å². The Morgan fingerprint density at radius 3 is 3.25 bits per heavy atom. The summed E-state index contributed by atoms with van der Waals surface area (Å²) in [4.78, 5) is 4.64. The molecule has 2 atom stereocenters. The van der Waals surface area contributed by atoms with Crippen molar-refractivity contribution in [1.82, 2.24) is 5.32 Å². The van der Waals surface area contributed by atoms with Gasteiger partial charge in [-0.1, -0.05) is 31.5 Å². The van der Waals surface area contributed by atoms with E-state index in [9.17, 15) is 0 Å². The van der Waals surface area contributed by atoms with Crippen LogP contribution in [0.15, 0.2) is 4.99 Å². The van der Waals surface area contributed by atoms with Crippen LogP contribution in [-0.4, -0.2) is 35.0 Å². The molecular weight excluding hydrogens is 236 g/mol. The molecular formula is C12H22N2S2. The summed E-state index contributed by atoms with van der Waals surface area (Å²) in [6.45, 7) is 3.35. The molecule has 1 heterocycles. The molecule has 0 aromatic heterocycles. The molecule has 1 saturated heterocycles. The van der Waals surface area contributed by atoms with E-state index in [0.717, 1.165) is 18.2 Å². The van der Waals surface area contributed by atoms with Crippen LogP contribution in [0.5, 0.6) is 0 Å². The predicted octanol–water partition coefficient (Wildman–Crippen LogP) is 2.99. The second-order valence-corrected chi connectivity index (χ2v) is 7.02. The molecule has 1 aliphatic heterocycles. The third-order valence-electron chi connectivity index (χ3n) is 3.50. The standard InChI is InChI=1S/C12H22N2S2/c1-10-4-3-5-12(8-10)9-16-11(14-12)13-6-7-15-2/h10H,3-9H2,1-2H3,(H,13,14). The molecule has 0 radical (unpaired) electrons. The van der Waals surface area contributed by atoms with Gasteiger partial charge in [-0.05, 0) is 25.0 Å². The lowest BCUT2D eigenvalue weighted by atomic mass is 9.78. The quantitative estimate of drug-likeness (QED) is 0.788. The van der Waals surface area contributed by atoms with Gasteiger partial charge in [0, 0.05) is 17.0 Å². The molecule has 0 aromatic carbocycles. The lowest BCUT2D eigenvalue weighted by Crippen LogP contribution is -2.47. The van der Waals surface area contributed by atoms with E-state index in [4.69, 9.17) is 0 Å². The number of hydrogen-bond acceptors (Lipinski definition) is 3. The third-order valence-corrected chi connectivity index (χ3v) is 5.29. The average Bonchev–Trinajstić information content (AvgIpc) is 2.62. The molecule has 16 heavy (non-hydrogen) atoms. The van der Waals surface area contributed by atoms with E-state index in [1.54, 1.807) is 0 Å². The Morgan fingerprint density at radius 2 is 2.50 bits per heavy atom. The van der Waals surface area contributed by atoms with Gasteiger partial charge in [0.2, 0.25) is 0 Å². The van der Waals surface area contributed by atoms with Crippen molar-refractivity contribution in [2.45, 2.75) is 38.1 Å². The van der Waals surface area contributed by atoms with Crippen LogP contribution in [0.25, 0.3) is 0 Å². The smallest absolute Gasteiger partial charge is 0.157 e. The molecule has 2 nitrogen and oxygen atoms in total. The van der Waals surface area contributed by atoms with Gasteiger partial charge in [0.1, 0.15) is 0 Å². The zero-order chi connectivity index (χ0) is 11.4. The van der Waals surface area contributed by atoms with E-state index in [1.807, 2.05) is 23.5 Å². The summed E-state index contributed by atoms with van der Waals surface area (Å²) < 4.78 is 0. The molecule has 1 aliphatic carbocycles. The summed E-state index contributed by atoms with van der Waals surface area (Å²) in [6, 6.07) is 0. The normalized spacial score (nSPS) is 36.9. The van der Waals surface area contributed by atoms with Crippen molar-refractivity contribution in [3.8, 4) is 0 Å². The minimum atomic E-state index is 0.389. The Morgan fingerprint density at radius 1 is 1.62 bits per heavy atom. The third kappa shape index (κ3) is 3.10. The van der Waals surface area contributed by atoms with Crippen molar-refractivity contribution in [2.75, 3.05) is 24.3 Å².